The standard InChI is InChI=1S/C17H18BrN3O/c1-3-11-8-16-14(17(9-11)21-22-2)10-15(19-20-16)12-4-6-13(18)7-5-12/h4-7,10-11H,3,8-9H2,1-2H3/b21-17-/t11-/m1/s1. The summed E-state index contributed by atoms with van der Waals surface area (Å²) in [4.78, 5) is 5.03. The highest BCUT2D eigenvalue weighted by molar-refractivity contribution is 9.10. The van der Waals surface area contributed by atoms with Gasteiger partial charge in [-0.25, -0.2) is 0 Å². The van der Waals surface area contributed by atoms with Crippen LogP contribution in [0.2, 0.25) is 0 Å². The molecule has 1 atom stereocenters. The zero-order valence-corrected chi connectivity index (χ0v) is 14.3. The van der Waals surface area contributed by atoms with Crippen molar-refractivity contribution in [3.8, 4) is 11.3 Å². The maximum absolute atomic E-state index is 5.03. The molecule has 1 aliphatic carbocycles. The van der Waals surface area contributed by atoms with Gasteiger partial charge in [-0.3, -0.25) is 0 Å². The van der Waals surface area contributed by atoms with Crippen LogP contribution in [0.25, 0.3) is 11.3 Å². The fraction of sp³-hybridized carbons (Fsp3) is 0.353. The lowest BCUT2D eigenvalue weighted by Gasteiger charge is -2.23. The summed E-state index contributed by atoms with van der Waals surface area (Å²) in [7, 11) is 1.59. The number of oxime groups is 1. The van der Waals surface area contributed by atoms with E-state index in [2.05, 4.69) is 44.3 Å². The van der Waals surface area contributed by atoms with Crippen molar-refractivity contribution in [3.05, 3.63) is 46.1 Å². The SMILES string of the molecule is CC[C@H]1C/C(=N/OC)c2cc(-c3ccc(Br)cc3)nnc2C1. The summed E-state index contributed by atoms with van der Waals surface area (Å²) >= 11 is 3.45. The van der Waals surface area contributed by atoms with E-state index in [1.165, 1.54) is 0 Å². The van der Waals surface area contributed by atoms with Gasteiger partial charge in [-0.05, 0) is 37.0 Å². The Hall–Kier alpha value is -1.75. The summed E-state index contributed by atoms with van der Waals surface area (Å²) in [5.74, 6) is 0.564. The number of aromatic nitrogens is 2. The number of rotatable bonds is 3. The number of benzene rings is 1. The Morgan fingerprint density at radius 1 is 1.23 bits per heavy atom. The molecule has 2 aromatic rings. The van der Waals surface area contributed by atoms with E-state index in [4.69, 9.17) is 4.84 Å². The van der Waals surface area contributed by atoms with Crippen molar-refractivity contribution in [1.29, 1.82) is 0 Å². The van der Waals surface area contributed by atoms with Gasteiger partial charge >= 0.3 is 0 Å². The fourth-order valence-electron chi connectivity index (χ4n) is 2.79. The maximum atomic E-state index is 5.03. The molecule has 0 saturated heterocycles. The zero-order chi connectivity index (χ0) is 15.5. The van der Waals surface area contributed by atoms with Gasteiger partial charge in [0.25, 0.3) is 0 Å². The maximum Gasteiger partial charge on any atom is 0.106 e. The lowest BCUT2D eigenvalue weighted by atomic mass is 9.84. The molecule has 1 heterocycles. The number of hydrogen-bond acceptors (Lipinski definition) is 4. The Kier molecular flexibility index (Phi) is 4.52. The lowest BCUT2D eigenvalue weighted by molar-refractivity contribution is 0.211. The predicted molar refractivity (Wildman–Crippen MR) is 90.8 cm³/mol. The predicted octanol–water partition coefficient (Wildman–Crippen LogP) is 4.23. The van der Waals surface area contributed by atoms with E-state index in [9.17, 15) is 0 Å². The molecule has 4 nitrogen and oxygen atoms in total. The van der Waals surface area contributed by atoms with Gasteiger partial charge in [0.1, 0.15) is 7.11 Å². The normalized spacial score (nSPS) is 19.0. The van der Waals surface area contributed by atoms with Crippen LogP contribution in [0.5, 0.6) is 0 Å². The number of fused-ring (bicyclic) bond motifs is 1. The van der Waals surface area contributed by atoms with Crippen LogP contribution in [-0.4, -0.2) is 23.0 Å². The highest BCUT2D eigenvalue weighted by Crippen LogP contribution is 2.29. The molecule has 0 aliphatic heterocycles. The lowest BCUT2D eigenvalue weighted by Crippen LogP contribution is -2.22. The van der Waals surface area contributed by atoms with Crippen molar-refractivity contribution in [2.75, 3.05) is 7.11 Å². The molecule has 0 fully saturated rings. The molecule has 0 radical (unpaired) electrons. The first-order valence-electron chi connectivity index (χ1n) is 7.44. The minimum Gasteiger partial charge on any atom is -0.399 e. The summed E-state index contributed by atoms with van der Waals surface area (Å²) in [5, 5.41) is 13.1. The fourth-order valence-corrected chi connectivity index (χ4v) is 3.06. The molecule has 5 heteroatoms. The molecule has 1 aromatic carbocycles. The van der Waals surface area contributed by atoms with Crippen molar-refractivity contribution in [3.63, 3.8) is 0 Å². The van der Waals surface area contributed by atoms with E-state index in [1.807, 2.05) is 24.3 Å². The average molecular weight is 360 g/mol. The molecule has 0 spiro atoms. The van der Waals surface area contributed by atoms with Crippen LogP contribution >= 0.6 is 15.9 Å². The van der Waals surface area contributed by atoms with Crippen LogP contribution in [0.4, 0.5) is 0 Å². The average Bonchev–Trinajstić information content (AvgIpc) is 2.55. The Labute approximate surface area is 138 Å². The largest absolute Gasteiger partial charge is 0.399 e. The van der Waals surface area contributed by atoms with Crippen LogP contribution < -0.4 is 0 Å². The molecule has 0 bridgehead atoms. The van der Waals surface area contributed by atoms with E-state index in [-0.39, 0.29) is 0 Å². The molecule has 1 aliphatic rings. The van der Waals surface area contributed by atoms with E-state index in [1.54, 1.807) is 7.11 Å². The van der Waals surface area contributed by atoms with Crippen molar-refractivity contribution in [2.24, 2.45) is 11.1 Å². The second-order valence-corrected chi connectivity index (χ2v) is 6.42. The van der Waals surface area contributed by atoms with Gasteiger partial charge in [0.05, 0.1) is 17.1 Å². The molecule has 1 aromatic heterocycles. The molecule has 0 N–H and O–H groups in total. The van der Waals surface area contributed by atoms with Gasteiger partial charge in [0, 0.05) is 15.6 Å². The van der Waals surface area contributed by atoms with Gasteiger partial charge in [0.15, 0.2) is 0 Å². The smallest absolute Gasteiger partial charge is 0.106 e. The minimum atomic E-state index is 0.564. The highest BCUT2D eigenvalue weighted by atomic mass is 79.9. The molecular weight excluding hydrogens is 342 g/mol. The molecule has 114 valence electrons. The summed E-state index contributed by atoms with van der Waals surface area (Å²) in [6.07, 6.45) is 3.00. The molecular formula is C17H18BrN3O. The summed E-state index contributed by atoms with van der Waals surface area (Å²) in [5.41, 5.74) is 4.98. The Bertz CT molecular complexity index is 698. The van der Waals surface area contributed by atoms with Crippen molar-refractivity contribution in [2.45, 2.75) is 26.2 Å². The van der Waals surface area contributed by atoms with Crippen molar-refractivity contribution >= 4 is 21.6 Å². The van der Waals surface area contributed by atoms with Gasteiger partial charge in [-0.1, -0.05) is 46.6 Å². The van der Waals surface area contributed by atoms with Crippen molar-refractivity contribution in [1.82, 2.24) is 10.2 Å². The third kappa shape index (κ3) is 3.04. The third-order valence-corrected chi connectivity index (χ3v) is 4.59. The first-order chi connectivity index (χ1) is 10.7. The van der Waals surface area contributed by atoms with Crippen LogP contribution in [0.3, 0.4) is 0 Å². The number of hydrogen-bond donors (Lipinski definition) is 0. The molecule has 0 unspecified atom stereocenters. The quantitative estimate of drug-likeness (QED) is 0.770. The molecule has 0 amide bonds. The summed E-state index contributed by atoms with van der Waals surface area (Å²) in [6.45, 7) is 2.20. The van der Waals surface area contributed by atoms with Gasteiger partial charge in [0.2, 0.25) is 0 Å². The third-order valence-electron chi connectivity index (χ3n) is 4.06. The first-order valence-corrected chi connectivity index (χ1v) is 8.23. The van der Waals surface area contributed by atoms with Crippen molar-refractivity contribution < 1.29 is 4.84 Å². The van der Waals surface area contributed by atoms with Crippen LogP contribution in [0.15, 0.2) is 40.0 Å². The monoisotopic (exact) mass is 359 g/mol. The summed E-state index contributed by atoms with van der Waals surface area (Å²) < 4.78 is 1.05. The Morgan fingerprint density at radius 2 is 2.00 bits per heavy atom. The van der Waals surface area contributed by atoms with E-state index < -0.39 is 0 Å². The second-order valence-electron chi connectivity index (χ2n) is 5.50. The first kappa shape index (κ1) is 15.2. The van der Waals surface area contributed by atoms with E-state index in [0.29, 0.717) is 5.92 Å². The summed E-state index contributed by atoms with van der Waals surface area (Å²) in [6, 6.07) is 10.2. The highest BCUT2D eigenvalue weighted by Gasteiger charge is 2.25. The number of nitrogens with zero attached hydrogens (tertiary/aromatic N) is 3. The molecule has 22 heavy (non-hydrogen) atoms. The Morgan fingerprint density at radius 3 is 2.68 bits per heavy atom. The van der Waals surface area contributed by atoms with Crippen LogP contribution in [0.1, 0.15) is 31.0 Å². The molecule has 0 saturated carbocycles. The van der Waals surface area contributed by atoms with Gasteiger partial charge in [-0.15, -0.1) is 0 Å². The van der Waals surface area contributed by atoms with Gasteiger partial charge in [-0.2, -0.15) is 10.2 Å². The van der Waals surface area contributed by atoms with E-state index >= 15 is 0 Å². The van der Waals surface area contributed by atoms with Crippen LogP contribution in [0, 0.1) is 5.92 Å². The topological polar surface area (TPSA) is 47.4 Å². The van der Waals surface area contributed by atoms with Crippen LogP contribution in [-0.2, 0) is 11.3 Å². The second kappa shape index (κ2) is 6.57. The van der Waals surface area contributed by atoms with Gasteiger partial charge < -0.3 is 4.84 Å². The minimum absolute atomic E-state index is 0.564. The Balaban J connectivity index is 2.03. The van der Waals surface area contributed by atoms with E-state index in [0.717, 1.165) is 52.0 Å². The zero-order valence-electron chi connectivity index (χ0n) is 12.7. The number of halogens is 1. The molecule has 3 rings (SSSR count).